The number of carbonyl (C=O) groups excluding carboxylic acids is 1. The van der Waals surface area contributed by atoms with Gasteiger partial charge in [0, 0.05) is 0 Å². The minimum Gasteiger partial charge on any atom is -0.391 e. The smallest absolute Gasteiger partial charge is 0.328 e. The highest BCUT2D eigenvalue weighted by Gasteiger charge is 2.66. The van der Waals surface area contributed by atoms with E-state index in [4.69, 9.17) is 20.4 Å². The third-order valence-electron chi connectivity index (χ3n) is 2.72. The normalized spacial score (nSPS) is 35.0. The number of carbonyl (C=O) groups is 1. The Morgan fingerprint density at radius 1 is 0.875 bits per heavy atom. The molecule has 0 aromatic carbocycles. The van der Waals surface area contributed by atoms with Gasteiger partial charge in [0.2, 0.25) is 11.4 Å². The van der Waals surface area contributed by atoms with Crippen molar-refractivity contribution >= 4 is 6.03 Å². The van der Waals surface area contributed by atoms with Gasteiger partial charge >= 0.3 is 6.03 Å². The SMILES string of the molecule is O=C1N(CO)C(O)(CO)C(O)(CO)N1CO. The molecule has 1 aliphatic heterocycles. The zero-order valence-electron chi connectivity index (χ0n) is 8.31. The molecule has 2 amide bonds. The molecule has 0 radical (unpaired) electrons. The lowest BCUT2D eigenvalue weighted by molar-refractivity contribution is -0.269. The van der Waals surface area contributed by atoms with Crippen LogP contribution in [0.25, 0.3) is 0 Å². The lowest BCUT2D eigenvalue weighted by atomic mass is 10.0. The van der Waals surface area contributed by atoms with E-state index in [9.17, 15) is 15.0 Å². The molecule has 16 heavy (non-hydrogen) atoms. The quantitative estimate of drug-likeness (QED) is 0.292. The third kappa shape index (κ3) is 1.30. The molecular formula is C7H14N2O7. The Balaban J connectivity index is 3.27. The number of nitrogens with zero attached hydrogens (tertiary/aromatic N) is 2. The van der Waals surface area contributed by atoms with Crippen LogP contribution in [-0.2, 0) is 0 Å². The molecule has 0 aliphatic carbocycles. The van der Waals surface area contributed by atoms with Crippen molar-refractivity contribution in [2.45, 2.75) is 11.4 Å². The van der Waals surface area contributed by atoms with Crippen LogP contribution in [-0.4, -0.2) is 84.6 Å². The van der Waals surface area contributed by atoms with Crippen LogP contribution in [0.3, 0.4) is 0 Å². The lowest BCUT2D eigenvalue weighted by Crippen LogP contribution is -2.66. The van der Waals surface area contributed by atoms with Crippen molar-refractivity contribution in [2.24, 2.45) is 0 Å². The van der Waals surface area contributed by atoms with Crippen LogP contribution in [0.5, 0.6) is 0 Å². The summed E-state index contributed by atoms with van der Waals surface area (Å²) in [5, 5.41) is 55.5. The fraction of sp³-hybridized carbons (Fsp3) is 0.857. The predicted octanol–water partition coefficient (Wildman–Crippen LogP) is -4.01. The maximum Gasteiger partial charge on any atom is 0.328 e. The number of amides is 2. The van der Waals surface area contributed by atoms with Crippen molar-refractivity contribution < 1.29 is 35.4 Å². The zero-order valence-corrected chi connectivity index (χ0v) is 8.31. The summed E-state index contributed by atoms with van der Waals surface area (Å²) in [5.41, 5.74) is -5.17. The van der Waals surface area contributed by atoms with E-state index in [1.807, 2.05) is 0 Å². The van der Waals surface area contributed by atoms with Gasteiger partial charge in [-0.25, -0.2) is 4.79 Å². The molecule has 0 bridgehead atoms. The molecule has 1 saturated heterocycles. The zero-order chi connectivity index (χ0) is 12.6. The maximum atomic E-state index is 11.5. The van der Waals surface area contributed by atoms with Gasteiger partial charge in [0.1, 0.15) is 13.5 Å². The molecule has 2 atom stereocenters. The summed E-state index contributed by atoms with van der Waals surface area (Å²) in [4.78, 5) is 12.2. The van der Waals surface area contributed by atoms with Crippen LogP contribution >= 0.6 is 0 Å². The highest BCUT2D eigenvalue weighted by Crippen LogP contribution is 2.37. The van der Waals surface area contributed by atoms with Crippen molar-refractivity contribution in [3.05, 3.63) is 0 Å². The number of hydrogen-bond acceptors (Lipinski definition) is 7. The molecule has 0 spiro atoms. The second-order valence-corrected chi connectivity index (χ2v) is 3.37. The molecule has 9 heteroatoms. The summed E-state index contributed by atoms with van der Waals surface area (Å²) in [6.45, 7) is -4.22. The summed E-state index contributed by atoms with van der Waals surface area (Å²) in [6, 6.07) is -1.11. The molecule has 0 aromatic rings. The minimum atomic E-state index is -2.59. The van der Waals surface area contributed by atoms with E-state index in [0.717, 1.165) is 0 Å². The first kappa shape index (κ1) is 13.1. The van der Waals surface area contributed by atoms with Gasteiger partial charge < -0.3 is 30.6 Å². The monoisotopic (exact) mass is 238 g/mol. The van der Waals surface area contributed by atoms with Crippen LogP contribution in [0.2, 0.25) is 0 Å². The van der Waals surface area contributed by atoms with E-state index in [2.05, 4.69) is 0 Å². The molecule has 1 fully saturated rings. The number of hydrogen-bond donors (Lipinski definition) is 6. The van der Waals surface area contributed by atoms with Crippen LogP contribution in [0.1, 0.15) is 0 Å². The molecule has 6 N–H and O–H groups in total. The number of rotatable bonds is 4. The molecule has 0 saturated carbocycles. The second kappa shape index (κ2) is 4.13. The van der Waals surface area contributed by atoms with Crippen LogP contribution < -0.4 is 0 Å². The first-order valence-corrected chi connectivity index (χ1v) is 4.40. The van der Waals surface area contributed by atoms with Gasteiger partial charge in [-0.1, -0.05) is 0 Å². The van der Waals surface area contributed by atoms with E-state index < -0.39 is 44.2 Å². The van der Waals surface area contributed by atoms with E-state index in [1.165, 1.54) is 0 Å². The molecule has 1 heterocycles. The minimum absolute atomic E-state index is 0.333. The molecule has 0 aromatic heterocycles. The number of aliphatic hydroxyl groups is 6. The first-order chi connectivity index (χ1) is 7.42. The number of aliphatic hydroxyl groups excluding tert-OH is 4. The Kier molecular flexibility index (Phi) is 3.38. The summed E-state index contributed by atoms with van der Waals surface area (Å²) < 4.78 is 0. The third-order valence-corrected chi connectivity index (χ3v) is 2.72. The van der Waals surface area contributed by atoms with Crippen LogP contribution in [0.4, 0.5) is 4.79 Å². The van der Waals surface area contributed by atoms with Gasteiger partial charge in [-0.15, -0.1) is 0 Å². The second-order valence-electron chi connectivity index (χ2n) is 3.37. The van der Waals surface area contributed by atoms with E-state index in [1.54, 1.807) is 0 Å². The average molecular weight is 238 g/mol. The van der Waals surface area contributed by atoms with Gasteiger partial charge in [0.25, 0.3) is 0 Å². The highest BCUT2D eigenvalue weighted by atomic mass is 16.5. The average Bonchev–Trinajstić information content (AvgIpc) is 2.45. The standard InChI is InChI=1S/C7H14N2O7/c10-1-6(15)7(16,2-11)9(4-13)5(14)8(6)3-12/h10-13,15-16H,1-4H2. The Morgan fingerprint density at radius 3 is 1.38 bits per heavy atom. The van der Waals surface area contributed by atoms with E-state index in [-0.39, 0.29) is 0 Å². The van der Waals surface area contributed by atoms with Crippen LogP contribution in [0, 0.1) is 0 Å². The van der Waals surface area contributed by atoms with Gasteiger partial charge in [-0.05, 0) is 0 Å². The summed E-state index contributed by atoms with van der Waals surface area (Å²) in [6.07, 6.45) is 0. The Hall–Kier alpha value is -0.970. The van der Waals surface area contributed by atoms with Crippen LogP contribution in [0.15, 0.2) is 0 Å². The van der Waals surface area contributed by atoms with Crippen molar-refractivity contribution in [1.82, 2.24) is 9.80 Å². The molecule has 2 unspecified atom stereocenters. The van der Waals surface area contributed by atoms with E-state index >= 15 is 0 Å². The molecular weight excluding hydrogens is 224 g/mol. The van der Waals surface area contributed by atoms with Crippen molar-refractivity contribution in [1.29, 1.82) is 0 Å². The first-order valence-electron chi connectivity index (χ1n) is 4.40. The highest BCUT2D eigenvalue weighted by molar-refractivity contribution is 5.79. The van der Waals surface area contributed by atoms with Gasteiger partial charge in [0.05, 0.1) is 13.2 Å². The Bertz CT molecular complexity index is 262. The summed E-state index contributed by atoms with van der Waals surface area (Å²) >= 11 is 0. The Labute approximate surface area is 90.4 Å². The van der Waals surface area contributed by atoms with Gasteiger partial charge in [-0.2, -0.15) is 0 Å². The largest absolute Gasteiger partial charge is 0.391 e. The molecule has 1 aliphatic rings. The Morgan fingerprint density at radius 2 is 1.19 bits per heavy atom. The van der Waals surface area contributed by atoms with Gasteiger partial charge in [0.15, 0.2) is 0 Å². The van der Waals surface area contributed by atoms with Crippen molar-refractivity contribution in [2.75, 3.05) is 26.7 Å². The van der Waals surface area contributed by atoms with Gasteiger partial charge in [-0.3, -0.25) is 9.80 Å². The fourth-order valence-corrected chi connectivity index (χ4v) is 1.67. The van der Waals surface area contributed by atoms with Crippen molar-refractivity contribution in [3.8, 4) is 0 Å². The maximum absolute atomic E-state index is 11.5. The molecule has 94 valence electrons. The fourth-order valence-electron chi connectivity index (χ4n) is 1.67. The topological polar surface area (TPSA) is 145 Å². The summed E-state index contributed by atoms with van der Waals surface area (Å²) in [7, 11) is 0. The molecule has 1 rings (SSSR count). The van der Waals surface area contributed by atoms with E-state index in [0.29, 0.717) is 9.80 Å². The van der Waals surface area contributed by atoms with Crippen molar-refractivity contribution in [3.63, 3.8) is 0 Å². The lowest BCUT2D eigenvalue weighted by Gasteiger charge is -2.39. The predicted molar refractivity (Wildman–Crippen MR) is 47.3 cm³/mol. The summed E-state index contributed by atoms with van der Waals surface area (Å²) in [5.74, 6) is 0. The number of urea groups is 1. The molecule has 9 nitrogen and oxygen atoms in total.